The third-order valence-electron chi connectivity index (χ3n) is 4.53. The summed E-state index contributed by atoms with van der Waals surface area (Å²) in [6, 6.07) is 1.99. The Labute approximate surface area is 164 Å². The predicted molar refractivity (Wildman–Crippen MR) is 94.9 cm³/mol. The van der Waals surface area contributed by atoms with Crippen LogP contribution in [0.5, 0.6) is 11.6 Å². The summed E-state index contributed by atoms with van der Waals surface area (Å²) >= 11 is 0. The van der Waals surface area contributed by atoms with Gasteiger partial charge in [0.05, 0.1) is 11.9 Å². The monoisotopic (exact) mass is 410 g/mol. The largest absolute Gasteiger partial charge is 0.436 e. The second-order valence-electron chi connectivity index (χ2n) is 6.65. The summed E-state index contributed by atoms with van der Waals surface area (Å²) in [6.07, 6.45) is -0.973. The van der Waals surface area contributed by atoms with Gasteiger partial charge in [0.1, 0.15) is 17.1 Å². The van der Waals surface area contributed by atoms with Gasteiger partial charge in [0.15, 0.2) is 5.83 Å². The Morgan fingerprint density at radius 2 is 1.90 bits per heavy atom. The van der Waals surface area contributed by atoms with Crippen molar-refractivity contribution in [1.29, 1.82) is 0 Å². The van der Waals surface area contributed by atoms with E-state index in [9.17, 15) is 22.4 Å². The topological polar surface area (TPSA) is 68.2 Å². The number of halogens is 4. The molecule has 1 amide bonds. The fourth-order valence-electron chi connectivity index (χ4n) is 3.07. The fourth-order valence-corrected chi connectivity index (χ4v) is 3.07. The van der Waals surface area contributed by atoms with Crippen LogP contribution in [0.2, 0.25) is 0 Å². The van der Waals surface area contributed by atoms with E-state index in [0.717, 1.165) is 18.3 Å². The van der Waals surface area contributed by atoms with E-state index in [1.807, 2.05) is 0 Å². The van der Waals surface area contributed by atoms with Crippen molar-refractivity contribution in [3.63, 3.8) is 0 Å². The maximum atomic E-state index is 13.0. The molecule has 2 aromatic heterocycles. The molecule has 0 aromatic carbocycles. The van der Waals surface area contributed by atoms with E-state index < -0.39 is 23.6 Å². The molecule has 10 heteroatoms. The van der Waals surface area contributed by atoms with Gasteiger partial charge < -0.3 is 9.64 Å². The zero-order valence-electron chi connectivity index (χ0n) is 15.5. The van der Waals surface area contributed by atoms with Crippen molar-refractivity contribution in [3.8, 4) is 11.6 Å². The Bertz CT molecular complexity index is 907. The van der Waals surface area contributed by atoms with Crippen LogP contribution in [0.15, 0.2) is 36.9 Å². The molecule has 2 aromatic rings. The number of aryl methyl sites for hydroxylation is 1. The second-order valence-corrected chi connectivity index (χ2v) is 6.65. The lowest BCUT2D eigenvalue weighted by atomic mass is 9.93. The minimum absolute atomic E-state index is 0.0977. The van der Waals surface area contributed by atoms with Crippen LogP contribution in [-0.4, -0.2) is 38.8 Å². The van der Waals surface area contributed by atoms with Gasteiger partial charge >= 0.3 is 6.18 Å². The van der Waals surface area contributed by atoms with Crippen LogP contribution in [0.25, 0.3) is 0 Å². The van der Waals surface area contributed by atoms with Crippen LogP contribution in [-0.2, 0) is 11.0 Å². The Morgan fingerprint density at radius 3 is 2.45 bits per heavy atom. The zero-order valence-corrected chi connectivity index (χ0v) is 15.5. The average Bonchev–Trinajstić information content (AvgIpc) is 2.67. The van der Waals surface area contributed by atoms with Gasteiger partial charge in [0.25, 0.3) is 5.91 Å². The molecule has 1 fully saturated rings. The van der Waals surface area contributed by atoms with Gasteiger partial charge in [-0.2, -0.15) is 13.2 Å². The molecule has 0 unspecified atom stereocenters. The van der Waals surface area contributed by atoms with E-state index in [1.54, 1.807) is 13.1 Å². The number of nitrogens with zero attached hydrogens (tertiary/aromatic N) is 4. The SMILES string of the molecule is C=C(F)C(=O)N1CCC(c2ncc(C)nc2Oc2ccc(C(F)(F)F)nc2)CC1. The summed E-state index contributed by atoms with van der Waals surface area (Å²) in [6.45, 7) is 5.38. The summed E-state index contributed by atoms with van der Waals surface area (Å²) in [5.74, 6) is -1.56. The van der Waals surface area contributed by atoms with Gasteiger partial charge in [0, 0.05) is 25.2 Å². The van der Waals surface area contributed by atoms with E-state index in [2.05, 4.69) is 21.5 Å². The van der Waals surface area contributed by atoms with Crippen molar-refractivity contribution in [1.82, 2.24) is 19.9 Å². The van der Waals surface area contributed by atoms with Crippen LogP contribution in [0.4, 0.5) is 17.6 Å². The number of likely N-dealkylation sites (tertiary alicyclic amines) is 1. The van der Waals surface area contributed by atoms with Crippen molar-refractivity contribution < 1.29 is 27.1 Å². The third-order valence-corrected chi connectivity index (χ3v) is 4.53. The van der Waals surface area contributed by atoms with E-state index in [-0.39, 0.29) is 17.5 Å². The number of pyridine rings is 1. The smallest absolute Gasteiger partial charge is 0.433 e. The van der Waals surface area contributed by atoms with Crippen LogP contribution >= 0.6 is 0 Å². The number of carbonyl (C=O) groups is 1. The van der Waals surface area contributed by atoms with Crippen molar-refractivity contribution in [3.05, 3.63) is 54.0 Å². The predicted octanol–water partition coefficient (Wildman–Crippen LogP) is 4.18. The Morgan fingerprint density at radius 1 is 1.21 bits per heavy atom. The third kappa shape index (κ3) is 4.87. The lowest BCUT2D eigenvalue weighted by Gasteiger charge is -2.31. The number of amides is 1. The van der Waals surface area contributed by atoms with Crippen molar-refractivity contribution in [2.75, 3.05) is 13.1 Å². The standard InChI is InChI=1S/C19H18F4N4O2/c1-11-9-25-16(13-5-7-27(8-6-13)18(28)12(2)20)17(26-11)29-14-3-4-15(24-10-14)19(21,22)23/h3-4,9-10,13H,2,5-8H2,1H3. The van der Waals surface area contributed by atoms with E-state index in [4.69, 9.17) is 4.74 Å². The normalized spacial score (nSPS) is 15.3. The lowest BCUT2D eigenvalue weighted by molar-refractivity contribution is -0.141. The maximum Gasteiger partial charge on any atom is 0.433 e. The summed E-state index contributed by atoms with van der Waals surface area (Å²) in [5, 5.41) is 0. The first-order valence-corrected chi connectivity index (χ1v) is 8.83. The van der Waals surface area contributed by atoms with Gasteiger partial charge in [-0.25, -0.2) is 14.4 Å². The quantitative estimate of drug-likeness (QED) is 0.559. The van der Waals surface area contributed by atoms with E-state index in [0.29, 0.717) is 37.3 Å². The summed E-state index contributed by atoms with van der Waals surface area (Å²) in [5.41, 5.74) is 0.0820. The molecule has 1 aliphatic heterocycles. The van der Waals surface area contributed by atoms with Crippen LogP contribution < -0.4 is 4.74 Å². The maximum absolute atomic E-state index is 13.0. The molecule has 3 heterocycles. The van der Waals surface area contributed by atoms with Crippen LogP contribution in [0, 0.1) is 6.92 Å². The molecular formula is C19H18F4N4O2. The molecule has 29 heavy (non-hydrogen) atoms. The molecule has 154 valence electrons. The first kappa shape index (κ1) is 20.7. The first-order chi connectivity index (χ1) is 13.6. The van der Waals surface area contributed by atoms with E-state index >= 15 is 0 Å². The number of alkyl halides is 3. The minimum Gasteiger partial charge on any atom is -0.436 e. The number of carbonyl (C=O) groups excluding carboxylic acids is 1. The highest BCUT2D eigenvalue weighted by atomic mass is 19.4. The lowest BCUT2D eigenvalue weighted by Crippen LogP contribution is -2.38. The van der Waals surface area contributed by atoms with Crippen molar-refractivity contribution in [2.45, 2.75) is 31.9 Å². The average molecular weight is 410 g/mol. The van der Waals surface area contributed by atoms with Gasteiger partial charge in [-0.15, -0.1) is 0 Å². The molecule has 0 atom stereocenters. The summed E-state index contributed by atoms with van der Waals surface area (Å²) < 4.78 is 56.7. The van der Waals surface area contributed by atoms with E-state index in [1.165, 1.54) is 4.90 Å². The van der Waals surface area contributed by atoms with Crippen LogP contribution in [0.1, 0.15) is 35.8 Å². The molecule has 3 rings (SSSR count). The number of aromatic nitrogens is 3. The molecule has 0 spiro atoms. The first-order valence-electron chi connectivity index (χ1n) is 8.83. The molecular weight excluding hydrogens is 392 g/mol. The van der Waals surface area contributed by atoms with Gasteiger partial charge in [-0.3, -0.25) is 9.78 Å². The van der Waals surface area contributed by atoms with Crippen molar-refractivity contribution in [2.24, 2.45) is 0 Å². The fraction of sp³-hybridized carbons (Fsp3) is 0.368. The summed E-state index contributed by atoms with van der Waals surface area (Å²) in [4.78, 5) is 25.1. The highest BCUT2D eigenvalue weighted by Gasteiger charge is 2.32. The second kappa shape index (κ2) is 8.14. The summed E-state index contributed by atoms with van der Waals surface area (Å²) in [7, 11) is 0. The molecule has 0 saturated carbocycles. The molecule has 1 saturated heterocycles. The Kier molecular flexibility index (Phi) is 5.81. The molecule has 6 nitrogen and oxygen atoms in total. The van der Waals surface area contributed by atoms with Gasteiger partial charge in [0.2, 0.25) is 5.88 Å². The molecule has 0 aliphatic carbocycles. The zero-order chi connectivity index (χ0) is 21.2. The number of hydrogen-bond acceptors (Lipinski definition) is 5. The Hall–Kier alpha value is -3.04. The molecule has 0 radical (unpaired) electrons. The number of hydrogen-bond donors (Lipinski definition) is 0. The molecule has 0 bridgehead atoms. The minimum atomic E-state index is -4.54. The van der Waals surface area contributed by atoms with Gasteiger partial charge in [-0.1, -0.05) is 6.58 Å². The molecule has 0 N–H and O–H groups in total. The Balaban J connectivity index is 1.77. The van der Waals surface area contributed by atoms with Crippen LogP contribution in [0.3, 0.4) is 0 Å². The number of rotatable bonds is 4. The highest BCUT2D eigenvalue weighted by molar-refractivity contribution is 5.90. The number of ether oxygens (including phenoxy) is 1. The molecule has 1 aliphatic rings. The highest BCUT2D eigenvalue weighted by Crippen LogP contribution is 2.35. The number of piperidine rings is 1. The van der Waals surface area contributed by atoms with Crippen molar-refractivity contribution >= 4 is 5.91 Å². The van der Waals surface area contributed by atoms with Gasteiger partial charge in [-0.05, 0) is 31.9 Å².